The molecule has 2 aromatic rings. The third kappa shape index (κ3) is 1.91. The highest BCUT2D eigenvalue weighted by Crippen LogP contribution is 2.20. The van der Waals surface area contributed by atoms with Crippen LogP contribution in [0.2, 0.25) is 0 Å². The predicted octanol–water partition coefficient (Wildman–Crippen LogP) is 0.993. The molecule has 0 fully saturated rings. The summed E-state index contributed by atoms with van der Waals surface area (Å²) < 4.78 is 6.43. The fraction of sp³-hybridized carbons (Fsp3) is 0.444. The molecule has 0 bridgehead atoms. The van der Waals surface area contributed by atoms with E-state index in [0.29, 0.717) is 5.95 Å². The number of aryl methyl sites for hydroxylation is 2. The lowest BCUT2D eigenvalue weighted by atomic mass is 10.4. The molecule has 2 heterocycles. The zero-order valence-corrected chi connectivity index (χ0v) is 10.1. The van der Waals surface area contributed by atoms with E-state index in [1.54, 1.807) is 15.9 Å². The minimum absolute atomic E-state index is 0.00483. The number of rotatable bonds is 3. The average Bonchev–Trinajstić information content (AvgIpc) is 2.69. The Hall–Kier alpha value is -1.47. The van der Waals surface area contributed by atoms with Gasteiger partial charge in [0.2, 0.25) is 4.96 Å². The molecule has 16 heavy (non-hydrogen) atoms. The fourth-order valence-corrected chi connectivity index (χ4v) is 2.19. The molecule has 0 aliphatic heterocycles. The maximum atomic E-state index is 11.2. The van der Waals surface area contributed by atoms with Gasteiger partial charge in [-0.1, -0.05) is 11.3 Å². The lowest BCUT2D eigenvalue weighted by Gasteiger charge is -1.97. The summed E-state index contributed by atoms with van der Waals surface area (Å²) in [7, 11) is 1.46. The number of amides is 1. The maximum Gasteiger partial charge on any atom is 0.252 e. The third-order valence-electron chi connectivity index (χ3n) is 2.18. The number of hydrogen-bond acceptors (Lipinski definition) is 5. The summed E-state index contributed by atoms with van der Waals surface area (Å²) >= 11 is 1.55. The van der Waals surface area contributed by atoms with Gasteiger partial charge >= 0.3 is 0 Å². The molecule has 1 N–H and O–H groups in total. The molecule has 0 aliphatic rings. The second kappa shape index (κ2) is 4.18. The molecule has 0 radical (unpaired) electrons. The van der Waals surface area contributed by atoms with E-state index in [-0.39, 0.29) is 12.5 Å². The topological polar surface area (TPSA) is 68.5 Å². The highest BCUT2D eigenvalue weighted by atomic mass is 32.1. The van der Waals surface area contributed by atoms with Gasteiger partial charge in [0.05, 0.1) is 5.69 Å². The monoisotopic (exact) mass is 240 g/mol. The average molecular weight is 240 g/mol. The molecule has 6 nitrogen and oxygen atoms in total. The number of fused-ring (bicyclic) bond motifs is 1. The minimum atomic E-state index is -0.255. The second-order valence-corrected chi connectivity index (χ2v) is 4.54. The second-order valence-electron chi connectivity index (χ2n) is 3.35. The molecule has 1 amide bonds. The van der Waals surface area contributed by atoms with Gasteiger partial charge in [-0.15, -0.1) is 5.10 Å². The molecule has 7 heteroatoms. The molecule has 0 saturated heterocycles. The van der Waals surface area contributed by atoms with Gasteiger partial charge < -0.3 is 4.74 Å². The summed E-state index contributed by atoms with van der Waals surface area (Å²) in [5.74, 6) is 0.0616. The number of hydrogen-bond donors (Lipinski definition) is 1. The number of thiazole rings is 1. The summed E-state index contributed by atoms with van der Waals surface area (Å²) in [6.45, 7) is 3.98. The number of ether oxygens (including phenoxy) is 1. The largest absolute Gasteiger partial charge is 0.375 e. The SMILES string of the molecule is COCC(=O)Nc1nc2sc(C)c(C)n2n1. The molecule has 0 unspecified atom stereocenters. The molecule has 0 atom stereocenters. The van der Waals surface area contributed by atoms with Crippen LogP contribution in [0.3, 0.4) is 0 Å². The lowest BCUT2D eigenvalue weighted by Crippen LogP contribution is -2.18. The molecule has 0 aliphatic carbocycles. The van der Waals surface area contributed by atoms with E-state index in [0.717, 1.165) is 10.7 Å². The van der Waals surface area contributed by atoms with Crippen molar-refractivity contribution in [1.29, 1.82) is 0 Å². The smallest absolute Gasteiger partial charge is 0.252 e. The number of carbonyl (C=O) groups is 1. The number of carbonyl (C=O) groups excluding carboxylic acids is 1. The van der Waals surface area contributed by atoms with Crippen LogP contribution in [0.5, 0.6) is 0 Å². The first-order chi connectivity index (χ1) is 7.61. The van der Waals surface area contributed by atoms with E-state index in [2.05, 4.69) is 15.4 Å². The van der Waals surface area contributed by atoms with Crippen LogP contribution in [0.15, 0.2) is 0 Å². The van der Waals surface area contributed by atoms with Crippen molar-refractivity contribution in [3.8, 4) is 0 Å². The first kappa shape index (κ1) is 11.0. The first-order valence-corrected chi connectivity index (χ1v) is 5.55. The van der Waals surface area contributed by atoms with Gasteiger partial charge in [-0.3, -0.25) is 10.1 Å². The molecular weight excluding hydrogens is 228 g/mol. The van der Waals surface area contributed by atoms with Crippen LogP contribution in [-0.2, 0) is 9.53 Å². The summed E-state index contributed by atoms with van der Waals surface area (Å²) in [4.78, 5) is 17.4. The summed E-state index contributed by atoms with van der Waals surface area (Å²) in [6, 6.07) is 0. The Kier molecular flexibility index (Phi) is 2.88. The van der Waals surface area contributed by atoms with Gasteiger partial charge in [-0.05, 0) is 13.8 Å². The number of nitrogens with zero attached hydrogens (tertiary/aromatic N) is 3. The van der Waals surface area contributed by atoms with Gasteiger partial charge in [0.1, 0.15) is 6.61 Å². The molecule has 2 aromatic heterocycles. The predicted molar refractivity (Wildman–Crippen MR) is 60.8 cm³/mol. The van der Waals surface area contributed by atoms with Gasteiger partial charge in [0.15, 0.2) is 0 Å². The summed E-state index contributed by atoms with van der Waals surface area (Å²) in [5, 5.41) is 6.75. The molecule has 2 rings (SSSR count). The molecular formula is C9H12N4O2S. The van der Waals surface area contributed by atoms with Crippen LogP contribution in [0.4, 0.5) is 5.95 Å². The Morgan fingerprint density at radius 2 is 2.31 bits per heavy atom. The third-order valence-corrected chi connectivity index (χ3v) is 3.22. The molecule has 0 spiro atoms. The van der Waals surface area contributed by atoms with Crippen molar-refractivity contribution in [1.82, 2.24) is 14.6 Å². The quantitative estimate of drug-likeness (QED) is 0.868. The van der Waals surface area contributed by atoms with E-state index in [4.69, 9.17) is 4.74 Å². The highest BCUT2D eigenvalue weighted by molar-refractivity contribution is 7.17. The Morgan fingerprint density at radius 3 is 2.94 bits per heavy atom. The van der Waals surface area contributed by atoms with Crippen LogP contribution < -0.4 is 5.32 Å². The van der Waals surface area contributed by atoms with Crippen LogP contribution in [0.25, 0.3) is 4.96 Å². The number of nitrogens with one attached hydrogen (secondary N) is 1. The standard InChI is InChI=1S/C9H12N4O2S/c1-5-6(2)16-9-11-8(12-13(5)9)10-7(14)4-15-3/h4H2,1-3H3,(H,10,12,14). The minimum Gasteiger partial charge on any atom is -0.375 e. The summed E-state index contributed by atoms with van der Waals surface area (Å²) in [5.41, 5.74) is 1.04. The van der Waals surface area contributed by atoms with Crippen molar-refractivity contribution in [2.45, 2.75) is 13.8 Å². The van der Waals surface area contributed by atoms with Crippen LogP contribution in [0.1, 0.15) is 10.6 Å². The van der Waals surface area contributed by atoms with Gasteiger partial charge in [0.25, 0.3) is 11.9 Å². The maximum absolute atomic E-state index is 11.2. The van der Waals surface area contributed by atoms with Crippen LogP contribution in [0, 0.1) is 13.8 Å². The van der Waals surface area contributed by atoms with Gasteiger partial charge in [-0.25, -0.2) is 4.52 Å². The molecule has 86 valence electrons. The van der Waals surface area contributed by atoms with E-state index in [9.17, 15) is 4.79 Å². The Labute approximate surface area is 96.2 Å². The van der Waals surface area contributed by atoms with Crippen molar-refractivity contribution >= 4 is 28.2 Å². The van der Waals surface area contributed by atoms with E-state index < -0.39 is 0 Å². The number of anilines is 1. The lowest BCUT2D eigenvalue weighted by molar-refractivity contribution is -0.119. The van der Waals surface area contributed by atoms with Crippen molar-refractivity contribution in [2.75, 3.05) is 19.0 Å². The van der Waals surface area contributed by atoms with Gasteiger partial charge in [0, 0.05) is 12.0 Å². The fourth-order valence-electron chi connectivity index (χ4n) is 1.29. The van der Waals surface area contributed by atoms with E-state index in [1.165, 1.54) is 12.0 Å². The normalized spacial score (nSPS) is 10.9. The number of methoxy groups -OCH3 is 1. The van der Waals surface area contributed by atoms with Crippen molar-refractivity contribution in [3.63, 3.8) is 0 Å². The first-order valence-electron chi connectivity index (χ1n) is 4.73. The van der Waals surface area contributed by atoms with E-state index in [1.807, 2.05) is 13.8 Å². The highest BCUT2D eigenvalue weighted by Gasteiger charge is 2.12. The van der Waals surface area contributed by atoms with Crippen molar-refractivity contribution < 1.29 is 9.53 Å². The zero-order valence-electron chi connectivity index (χ0n) is 9.27. The van der Waals surface area contributed by atoms with E-state index >= 15 is 0 Å². The Bertz CT molecular complexity index is 531. The summed E-state index contributed by atoms with van der Waals surface area (Å²) in [6.07, 6.45) is 0. The molecule has 0 saturated carbocycles. The van der Waals surface area contributed by atoms with Crippen LogP contribution >= 0.6 is 11.3 Å². The van der Waals surface area contributed by atoms with Crippen molar-refractivity contribution in [3.05, 3.63) is 10.6 Å². The Morgan fingerprint density at radius 1 is 1.56 bits per heavy atom. The number of aromatic nitrogens is 3. The zero-order chi connectivity index (χ0) is 11.7. The Balaban J connectivity index is 2.24. The van der Waals surface area contributed by atoms with Gasteiger partial charge in [-0.2, -0.15) is 4.98 Å². The molecule has 0 aromatic carbocycles. The van der Waals surface area contributed by atoms with Crippen LogP contribution in [-0.4, -0.2) is 34.2 Å². The van der Waals surface area contributed by atoms with Crippen molar-refractivity contribution in [2.24, 2.45) is 0 Å².